The molecule has 2 aromatic carbocycles. The number of hydrogen-bond acceptors (Lipinski definition) is 2. The van der Waals surface area contributed by atoms with E-state index in [4.69, 9.17) is 0 Å². The van der Waals surface area contributed by atoms with E-state index in [9.17, 15) is 10.2 Å². The first-order chi connectivity index (χ1) is 8.09. The van der Waals surface area contributed by atoms with Gasteiger partial charge in [-0.2, -0.15) is 0 Å². The van der Waals surface area contributed by atoms with Crippen molar-refractivity contribution < 1.29 is 10.2 Å². The van der Waals surface area contributed by atoms with Gasteiger partial charge in [-0.1, -0.05) is 24.3 Å². The van der Waals surface area contributed by atoms with Crippen LogP contribution in [0.4, 0.5) is 0 Å². The van der Waals surface area contributed by atoms with Crippen molar-refractivity contribution in [2.75, 3.05) is 0 Å². The second kappa shape index (κ2) is 4.50. The maximum absolute atomic E-state index is 9.89. The molecule has 88 valence electrons. The summed E-state index contributed by atoms with van der Waals surface area (Å²) in [7, 11) is 0. The minimum absolute atomic E-state index is 0.271. The number of benzene rings is 2. The number of hydrogen-bond donors (Lipinski definition) is 2. The Labute approximate surface area is 101 Å². The van der Waals surface area contributed by atoms with Crippen molar-refractivity contribution in [3.63, 3.8) is 0 Å². The molecule has 0 saturated carbocycles. The van der Waals surface area contributed by atoms with E-state index in [1.165, 1.54) is 0 Å². The Hall–Kier alpha value is -1.96. The van der Waals surface area contributed by atoms with Gasteiger partial charge in [-0.15, -0.1) is 0 Å². The Balaban J connectivity index is 2.43. The zero-order valence-electron chi connectivity index (χ0n) is 10.1. The van der Waals surface area contributed by atoms with Gasteiger partial charge in [0.25, 0.3) is 0 Å². The third-order valence-corrected chi connectivity index (χ3v) is 3.20. The van der Waals surface area contributed by atoms with Crippen LogP contribution in [0.1, 0.15) is 22.3 Å². The van der Waals surface area contributed by atoms with E-state index in [1.54, 1.807) is 18.2 Å². The molecule has 2 N–H and O–H groups in total. The van der Waals surface area contributed by atoms with Crippen molar-refractivity contribution >= 4 is 0 Å². The molecule has 0 atom stereocenters. The fraction of sp³-hybridized carbons (Fsp3) is 0.200. The molecule has 0 aliphatic carbocycles. The minimum atomic E-state index is 0.271. The first-order valence-corrected chi connectivity index (χ1v) is 5.64. The van der Waals surface area contributed by atoms with E-state index in [2.05, 4.69) is 0 Å². The smallest absolute Gasteiger partial charge is 0.119 e. The summed E-state index contributed by atoms with van der Waals surface area (Å²) in [5.41, 5.74) is 3.93. The van der Waals surface area contributed by atoms with Crippen LogP contribution < -0.4 is 0 Å². The van der Waals surface area contributed by atoms with Crippen molar-refractivity contribution in [3.05, 3.63) is 58.7 Å². The van der Waals surface area contributed by atoms with Crippen LogP contribution in [0.15, 0.2) is 36.4 Å². The monoisotopic (exact) mass is 228 g/mol. The number of aromatic hydroxyl groups is 2. The average Bonchev–Trinajstić information content (AvgIpc) is 2.32. The fourth-order valence-corrected chi connectivity index (χ4v) is 1.93. The van der Waals surface area contributed by atoms with Gasteiger partial charge in [0, 0.05) is 12.0 Å². The molecule has 2 nitrogen and oxygen atoms in total. The Morgan fingerprint density at radius 1 is 0.882 bits per heavy atom. The Bertz CT molecular complexity index is 545. The molecular formula is C15H16O2. The number of rotatable bonds is 2. The number of phenols is 2. The molecule has 0 spiro atoms. The third kappa shape index (κ3) is 2.26. The van der Waals surface area contributed by atoms with Crippen molar-refractivity contribution in [1.29, 1.82) is 0 Å². The summed E-state index contributed by atoms with van der Waals surface area (Å²) >= 11 is 0. The zero-order chi connectivity index (χ0) is 12.4. The molecule has 0 aliphatic heterocycles. The standard InChI is InChI=1S/C15H16O2/c1-10-7-8-15(17)13(11(10)2)9-12-5-3-4-6-14(12)16/h3-8,16-17H,9H2,1-2H3. The molecule has 0 radical (unpaired) electrons. The molecule has 0 saturated heterocycles. The van der Waals surface area contributed by atoms with E-state index in [1.807, 2.05) is 32.0 Å². The maximum Gasteiger partial charge on any atom is 0.119 e. The lowest BCUT2D eigenvalue weighted by Crippen LogP contribution is -1.95. The van der Waals surface area contributed by atoms with Gasteiger partial charge in [-0.3, -0.25) is 0 Å². The van der Waals surface area contributed by atoms with Crippen molar-refractivity contribution in [1.82, 2.24) is 0 Å². The van der Waals surface area contributed by atoms with Crippen LogP contribution in [0.25, 0.3) is 0 Å². The third-order valence-electron chi connectivity index (χ3n) is 3.20. The lowest BCUT2D eigenvalue weighted by atomic mass is 9.96. The largest absolute Gasteiger partial charge is 0.508 e. The van der Waals surface area contributed by atoms with Crippen LogP contribution in [-0.4, -0.2) is 10.2 Å². The predicted octanol–water partition coefficient (Wildman–Crippen LogP) is 3.31. The molecule has 17 heavy (non-hydrogen) atoms. The van der Waals surface area contributed by atoms with Gasteiger partial charge in [0.1, 0.15) is 11.5 Å². The topological polar surface area (TPSA) is 40.5 Å². The summed E-state index contributed by atoms with van der Waals surface area (Å²) in [6.07, 6.45) is 0.548. The fourth-order valence-electron chi connectivity index (χ4n) is 1.93. The normalized spacial score (nSPS) is 10.5. The van der Waals surface area contributed by atoms with Crippen LogP contribution in [-0.2, 0) is 6.42 Å². The van der Waals surface area contributed by atoms with Crippen LogP contribution in [0.5, 0.6) is 11.5 Å². The molecular weight excluding hydrogens is 212 g/mol. The Morgan fingerprint density at radius 2 is 1.59 bits per heavy atom. The lowest BCUT2D eigenvalue weighted by Gasteiger charge is -2.12. The quantitative estimate of drug-likeness (QED) is 0.828. The number of para-hydroxylation sites is 1. The van der Waals surface area contributed by atoms with Crippen LogP contribution in [0.2, 0.25) is 0 Å². The lowest BCUT2D eigenvalue weighted by molar-refractivity contribution is 0.462. The van der Waals surface area contributed by atoms with Crippen molar-refractivity contribution in [2.45, 2.75) is 20.3 Å². The zero-order valence-corrected chi connectivity index (χ0v) is 10.1. The van der Waals surface area contributed by atoms with Gasteiger partial charge in [0.15, 0.2) is 0 Å². The minimum Gasteiger partial charge on any atom is -0.508 e. The molecule has 0 unspecified atom stereocenters. The van der Waals surface area contributed by atoms with E-state index >= 15 is 0 Å². The Morgan fingerprint density at radius 3 is 2.29 bits per heavy atom. The van der Waals surface area contributed by atoms with Crippen LogP contribution in [0, 0.1) is 13.8 Å². The van der Waals surface area contributed by atoms with Crippen molar-refractivity contribution in [3.8, 4) is 11.5 Å². The first kappa shape index (κ1) is 11.5. The Kier molecular flexibility index (Phi) is 3.05. The van der Waals surface area contributed by atoms with E-state index < -0.39 is 0 Å². The van der Waals surface area contributed by atoms with Gasteiger partial charge >= 0.3 is 0 Å². The molecule has 2 aromatic rings. The van der Waals surface area contributed by atoms with Crippen LogP contribution >= 0.6 is 0 Å². The van der Waals surface area contributed by atoms with Gasteiger partial charge in [-0.05, 0) is 42.7 Å². The van der Waals surface area contributed by atoms with Gasteiger partial charge in [0.2, 0.25) is 0 Å². The highest BCUT2D eigenvalue weighted by Gasteiger charge is 2.10. The van der Waals surface area contributed by atoms with Crippen molar-refractivity contribution in [2.24, 2.45) is 0 Å². The highest BCUT2D eigenvalue weighted by atomic mass is 16.3. The summed E-state index contributed by atoms with van der Waals surface area (Å²) in [5.74, 6) is 0.559. The average molecular weight is 228 g/mol. The van der Waals surface area contributed by atoms with E-state index in [-0.39, 0.29) is 11.5 Å². The second-order valence-corrected chi connectivity index (χ2v) is 4.31. The second-order valence-electron chi connectivity index (χ2n) is 4.31. The molecule has 0 aliphatic rings. The highest BCUT2D eigenvalue weighted by molar-refractivity contribution is 5.47. The first-order valence-electron chi connectivity index (χ1n) is 5.64. The molecule has 0 amide bonds. The summed E-state index contributed by atoms with van der Waals surface area (Å²) < 4.78 is 0. The molecule has 0 bridgehead atoms. The molecule has 2 heteroatoms. The number of phenolic OH excluding ortho intramolecular Hbond substituents is 2. The molecule has 0 heterocycles. The summed E-state index contributed by atoms with van der Waals surface area (Å²) in [5, 5.41) is 19.6. The molecule has 0 aromatic heterocycles. The van der Waals surface area contributed by atoms with E-state index in [0.29, 0.717) is 6.42 Å². The predicted molar refractivity (Wildman–Crippen MR) is 68.5 cm³/mol. The summed E-state index contributed by atoms with van der Waals surface area (Å²) in [6, 6.07) is 10.8. The molecule has 0 fully saturated rings. The van der Waals surface area contributed by atoms with Gasteiger partial charge < -0.3 is 10.2 Å². The maximum atomic E-state index is 9.89. The van der Waals surface area contributed by atoms with Crippen LogP contribution in [0.3, 0.4) is 0 Å². The number of aryl methyl sites for hydroxylation is 1. The SMILES string of the molecule is Cc1ccc(O)c(Cc2ccccc2O)c1C. The van der Waals surface area contributed by atoms with E-state index in [0.717, 1.165) is 22.3 Å². The van der Waals surface area contributed by atoms with Gasteiger partial charge in [-0.25, -0.2) is 0 Å². The van der Waals surface area contributed by atoms with Gasteiger partial charge in [0.05, 0.1) is 0 Å². The molecule has 2 rings (SSSR count). The summed E-state index contributed by atoms with van der Waals surface area (Å²) in [6.45, 7) is 4.01. The highest BCUT2D eigenvalue weighted by Crippen LogP contribution is 2.28. The summed E-state index contributed by atoms with van der Waals surface area (Å²) in [4.78, 5) is 0.